The Morgan fingerprint density at radius 3 is 2.39 bits per heavy atom. The third kappa shape index (κ3) is 9.10. The number of carbonyl (C=O) groups is 3. The second-order valence-corrected chi connectivity index (χ2v) is 12.9. The van der Waals surface area contributed by atoms with Crippen LogP contribution in [-0.2, 0) is 30.3 Å². The van der Waals surface area contributed by atoms with Crippen LogP contribution in [0.4, 0.5) is 0 Å². The summed E-state index contributed by atoms with van der Waals surface area (Å²) in [5.74, 6) is -0.647. The van der Waals surface area contributed by atoms with E-state index in [4.69, 9.17) is 15.2 Å². The predicted molar refractivity (Wildman–Crippen MR) is 174 cm³/mol. The number of carbonyl (C=O) groups excluding carboxylic acids is 3. The minimum absolute atomic E-state index is 0.0217. The smallest absolute Gasteiger partial charge is 0.239 e. The fourth-order valence-electron chi connectivity index (χ4n) is 6.50. The molecule has 4 N–H and O–H groups in total. The van der Waals surface area contributed by atoms with Gasteiger partial charge >= 0.3 is 0 Å². The average Bonchev–Trinajstić information content (AvgIpc) is 3.77. The molecule has 13 nitrogen and oxygen atoms in total. The first-order valence-electron chi connectivity index (χ1n) is 16.4. The van der Waals surface area contributed by atoms with Crippen LogP contribution in [0, 0.1) is 17.8 Å². The lowest BCUT2D eigenvalue weighted by Crippen LogP contribution is -2.56. The maximum Gasteiger partial charge on any atom is 0.239 e. The number of nitrogens with one attached hydrogen (secondary N) is 2. The van der Waals surface area contributed by atoms with Crippen LogP contribution in [0.5, 0.6) is 0 Å². The SMILES string of the molecule is CC[C@H](C)[C@@H]([C@@H](CC(=O)N1CCCC1[C@H](OC)[C@@H](C)C(=O)N[C@@H](Cc1ccccc1)c1nn[nH]n1)OC)N(C)C(=O)C(N)C(C)C. The average molecular weight is 643 g/mol. The van der Waals surface area contributed by atoms with Crippen molar-refractivity contribution in [2.75, 3.05) is 27.8 Å². The van der Waals surface area contributed by atoms with Gasteiger partial charge in [0, 0.05) is 34.2 Å². The number of benzene rings is 1. The van der Waals surface area contributed by atoms with Gasteiger partial charge in [0.15, 0.2) is 5.82 Å². The van der Waals surface area contributed by atoms with Crippen LogP contribution in [0.25, 0.3) is 0 Å². The molecule has 1 aliphatic rings. The van der Waals surface area contributed by atoms with Crippen LogP contribution >= 0.6 is 0 Å². The molecule has 1 aromatic heterocycles. The van der Waals surface area contributed by atoms with Gasteiger partial charge in [-0.1, -0.05) is 76.6 Å². The molecule has 0 spiro atoms. The zero-order chi connectivity index (χ0) is 34.0. The Bertz CT molecular complexity index is 1230. The Labute approximate surface area is 273 Å². The number of hydrogen-bond donors (Lipinski definition) is 3. The number of ether oxygens (including phenoxy) is 2. The van der Waals surface area contributed by atoms with Crippen LogP contribution < -0.4 is 11.1 Å². The van der Waals surface area contributed by atoms with Crippen molar-refractivity contribution < 1.29 is 23.9 Å². The van der Waals surface area contributed by atoms with Crippen LogP contribution in [0.2, 0.25) is 0 Å². The number of nitrogens with zero attached hydrogens (tertiary/aromatic N) is 5. The van der Waals surface area contributed by atoms with Gasteiger partial charge < -0.3 is 30.3 Å². The third-order valence-corrected chi connectivity index (χ3v) is 9.53. The van der Waals surface area contributed by atoms with Crippen molar-refractivity contribution >= 4 is 17.7 Å². The van der Waals surface area contributed by atoms with E-state index in [1.54, 1.807) is 26.2 Å². The van der Waals surface area contributed by atoms with Gasteiger partial charge in [0.05, 0.1) is 48.7 Å². The van der Waals surface area contributed by atoms with Crippen LogP contribution in [0.3, 0.4) is 0 Å². The van der Waals surface area contributed by atoms with Crippen LogP contribution in [-0.4, -0.2) is 106 Å². The summed E-state index contributed by atoms with van der Waals surface area (Å²) < 4.78 is 11.9. The summed E-state index contributed by atoms with van der Waals surface area (Å²) in [7, 11) is 4.90. The molecular weight excluding hydrogens is 588 g/mol. The number of tetrazole rings is 1. The van der Waals surface area contributed by atoms with Gasteiger partial charge in [-0.05, 0) is 30.2 Å². The standard InChI is InChI=1S/C33H54N8O5/c1-9-21(4)29(40(6)33(44)28(34)20(2)3)26(45-7)19-27(42)41-17-13-16-25(41)30(46-8)22(5)32(43)35-24(31-36-38-39-37-31)18-23-14-11-10-12-15-23/h10-12,14-15,20-22,24-26,28-30H,9,13,16-19,34H2,1-8H3,(H,35,43)(H,36,37,38,39)/t21-,22+,24-,25?,26+,28?,29-,30+/m0/s1. The molecule has 2 unspecified atom stereocenters. The molecule has 1 saturated heterocycles. The summed E-state index contributed by atoms with van der Waals surface area (Å²) in [5, 5.41) is 17.5. The molecule has 3 rings (SSSR count). The fraction of sp³-hybridized carbons (Fsp3) is 0.697. The van der Waals surface area contributed by atoms with Crippen molar-refractivity contribution in [2.24, 2.45) is 23.5 Å². The van der Waals surface area contributed by atoms with Crippen LogP contribution in [0.1, 0.15) is 77.7 Å². The highest BCUT2D eigenvalue weighted by Gasteiger charge is 2.42. The van der Waals surface area contributed by atoms with E-state index in [-0.39, 0.29) is 48.1 Å². The highest BCUT2D eigenvalue weighted by Crippen LogP contribution is 2.30. The molecule has 1 aliphatic heterocycles. The number of nitrogens with two attached hydrogens (primary N) is 1. The van der Waals surface area contributed by atoms with E-state index in [0.717, 1.165) is 18.4 Å². The summed E-state index contributed by atoms with van der Waals surface area (Å²) in [6.07, 6.45) is 1.78. The molecular formula is C33H54N8O5. The Hall–Kier alpha value is -3.42. The number of hydrogen-bond acceptors (Lipinski definition) is 9. The Balaban J connectivity index is 1.75. The third-order valence-electron chi connectivity index (χ3n) is 9.53. The van der Waals surface area contributed by atoms with Crippen molar-refractivity contribution in [2.45, 2.75) is 103 Å². The molecule has 0 aliphatic carbocycles. The van der Waals surface area contributed by atoms with Gasteiger partial charge in [-0.15, -0.1) is 10.2 Å². The number of aromatic amines is 1. The number of aromatic nitrogens is 4. The van der Waals surface area contributed by atoms with Crippen molar-refractivity contribution in [1.82, 2.24) is 35.7 Å². The van der Waals surface area contributed by atoms with E-state index in [2.05, 4.69) is 39.8 Å². The van der Waals surface area contributed by atoms with Gasteiger partial charge in [-0.25, -0.2) is 0 Å². The number of amides is 3. The number of H-pyrrole nitrogens is 1. The molecule has 8 atom stereocenters. The Morgan fingerprint density at radius 2 is 1.83 bits per heavy atom. The molecule has 46 heavy (non-hydrogen) atoms. The lowest BCUT2D eigenvalue weighted by atomic mass is 9.89. The highest BCUT2D eigenvalue weighted by molar-refractivity contribution is 5.83. The molecule has 0 saturated carbocycles. The van der Waals surface area contributed by atoms with E-state index in [9.17, 15) is 14.4 Å². The van der Waals surface area contributed by atoms with Gasteiger partial charge in [0.2, 0.25) is 17.7 Å². The first-order chi connectivity index (χ1) is 21.9. The van der Waals surface area contributed by atoms with E-state index in [0.29, 0.717) is 25.2 Å². The molecule has 2 aromatic rings. The van der Waals surface area contributed by atoms with Crippen molar-refractivity contribution in [1.29, 1.82) is 0 Å². The molecule has 1 fully saturated rings. The van der Waals surface area contributed by atoms with Crippen molar-refractivity contribution in [3.05, 3.63) is 41.7 Å². The maximum absolute atomic E-state index is 14.0. The van der Waals surface area contributed by atoms with E-state index >= 15 is 0 Å². The van der Waals surface area contributed by atoms with Crippen molar-refractivity contribution in [3.8, 4) is 0 Å². The summed E-state index contributed by atoms with van der Waals surface area (Å²) in [4.78, 5) is 44.4. The number of methoxy groups -OCH3 is 2. The fourth-order valence-corrected chi connectivity index (χ4v) is 6.50. The summed E-state index contributed by atoms with van der Waals surface area (Å²) in [5.41, 5.74) is 7.25. The molecule has 1 aromatic carbocycles. The normalized spacial score (nSPS) is 19.6. The monoisotopic (exact) mass is 642 g/mol. The van der Waals surface area contributed by atoms with E-state index in [1.165, 1.54) is 0 Å². The second-order valence-electron chi connectivity index (χ2n) is 12.9. The molecule has 256 valence electrons. The zero-order valence-corrected chi connectivity index (χ0v) is 28.7. The lowest BCUT2D eigenvalue weighted by molar-refractivity contribution is -0.146. The topological polar surface area (TPSA) is 169 Å². The first kappa shape index (κ1) is 37.0. The molecule has 3 amide bonds. The molecule has 0 bridgehead atoms. The highest BCUT2D eigenvalue weighted by atomic mass is 16.5. The molecule has 0 radical (unpaired) electrons. The van der Waals surface area contributed by atoms with Crippen LogP contribution in [0.15, 0.2) is 30.3 Å². The Morgan fingerprint density at radius 1 is 1.13 bits per heavy atom. The zero-order valence-electron chi connectivity index (χ0n) is 28.7. The predicted octanol–water partition coefficient (Wildman–Crippen LogP) is 2.50. The number of likely N-dealkylation sites (tertiary alicyclic amines) is 1. The summed E-state index contributed by atoms with van der Waals surface area (Å²) in [6.45, 7) is 10.3. The minimum atomic E-state index is -0.643. The second kappa shape index (κ2) is 17.5. The molecule has 2 heterocycles. The summed E-state index contributed by atoms with van der Waals surface area (Å²) >= 11 is 0. The molecule has 13 heteroatoms. The first-order valence-corrected chi connectivity index (χ1v) is 16.4. The van der Waals surface area contributed by atoms with Gasteiger partial charge in [0.25, 0.3) is 0 Å². The van der Waals surface area contributed by atoms with Crippen molar-refractivity contribution in [3.63, 3.8) is 0 Å². The van der Waals surface area contributed by atoms with Gasteiger partial charge in [-0.3, -0.25) is 14.4 Å². The maximum atomic E-state index is 14.0. The van der Waals surface area contributed by atoms with E-state index in [1.807, 2.05) is 56.0 Å². The number of rotatable bonds is 17. The lowest BCUT2D eigenvalue weighted by Gasteiger charge is -2.40. The largest absolute Gasteiger partial charge is 0.379 e. The number of likely N-dealkylation sites (N-methyl/N-ethyl adjacent to an activating group) is 1. The summed E-state index contributed by atoms with van der Waals surface area (Å²) in [6, 6.07) is 7.99. The quantitative estimate of drug-likeness (QED) is 0.235. The van der Waals surface area contributed by atoms with Gasteiger partial charge in [-0.2, -0.15) is 5.21 Å². The van der Waals surface area contributed by atoms with Gasteiger partial charge in [0.1, 0.15) is 0 Å². The minimum Gasteiger partial charge on any atom is -0.379 e. The Kier molecular flexibility index (Phi) is 14.1. The van der Waals surface area contributed by atoms with E-state index < -0.39 is 30.2 Å².